The summed E-state index contributed by atoms with van der Waals surface area (Å²) in [6.45, 7) is -0.152. The fourth-order valence-corrected chi connectivity index (χ4v) is 3.12. The lowest BCUT2D eigenvalue weighted by molar-refractivity contribution is -0.115. The van der Waals surface area contributed by atoms with Crippen LogP contribution >= 0.6 is 0 Å². The summed E-state index contributed by atoms with van der Waals surface area (Å²) in [5.74, 6) is -0.362. The van der Waals surface area contributed by atoms with Crippen molar-refractivity contribution in [1.29, 1.82) is 0 Å². The largest absolute Gasteiger partial charge is 0.329 e. The van der Waals surface area contributed by atoms with Crippen molar-refractivity contribution >= 4 is 33.5 Å². The summed E-state index contributed by atoms with van der Waals surface area (Å²) in [5, 5.41) is 4.96. The molecule has 0 saturated carbocycles. The molecule has 2 aromatic rings. The number of anilines is 2. The van der Waals surface area contributed by atoms with E-state index < -0.39 is 9.84 Å². The van der Waals surface area contributed by atoms with Gasteiger partial charge >= 0.3 is 0 Å². The third kappa shape index (κ3) is 3.93. The van der Waals surface area contributed by atoms with Crippen LogP contribution in [-0.2, 0) is 19.4 Å². The van der Waals surface area contributed by atoms with E-state index in [9.17, 15) is 18.0 Å². The number of nitrogens with two attached hydrogens (primary N) is 1. The van der Waals surface area contributed by atoms with E-state index in [2.05, 4.69) is 10.6 Å². The number of rotatable bonds is 6. The van der Waals surface area contributed by atoms with E-state index in [0.717, 1.165) is 0 Å². The molecule has 2 rings (SSSR count). The minimum atomic E-state index is -3.67. The molecule has 120 valence electrons. The number of hydrogen-bond acceptors (Lipinski definition) is 5. The Hall–Kier alpha value is -2.71. The molecule has 0 aliphatic rings. The first-order chi connectivity index (χ1) is 11.0. The second-order valence-electron chi connectivity index (χ2n) is 4.57. The molecule has 0 heterocycles. The molecule has 0 aliphatic heterocycles. The molecule has 0 bridgehead atoms. The van der Waals surface area contributed by atoms with Crippen molar-refractivity contribution in [3.8, 4) is 0 Å². The minimum Gasteiger partial charge on any atom is -0.329 e. The van der Waals surface area contributed by atoms with Crippen LogP contribution in [0.15, 0.2) is 58.3 Å². The Morgan fingerprint density at radius 1 is 0.957 bits per heavy atom. The van der Waals surface area contributed by atoms with Crippen molar-refractivity contribution in [2.24, 2.45) is 5.73 Å². The van der Waals surface area contributed by atoms with Gasteiger partial charge < -0.3 is 16.4 Å². The van der Waals surface area contributed by atoms with Crippen molar-refractivity contribution < 1.29 is 18.0 Å². The molecule has 23 heavy (non-hydrogen) atoms. The van der Waals surface area contributed by atoms with Gasteiger partial charge in [-0.25, -0.2) is 8.42 Å². The lowest BCUT2D eigenvalue weighted by Gasteiger charge is -2.08. The zero-order valence-corrected chi connectivity index (χ0v) is 12.8. The monoisotopic (exact) mass is 333 g/mol. The van der Waals surface area contributed by atoms with Crippen LogP contribution in [-0.4, -0.2) is 27.3 Å². The van der Waals surface area contributed by atoms with Crippen molar-refractivity contribution in [3.63, 3.8) is 0 Å². The van der Waals surface area contributed by atoms with Crippen molar-refractivity contribution in [1.82, 2.24) is 0 Å². The fourth-order valence-electron chi connectivity index (χ4n) is 1.86. The average molecular weight is 333 g/mol. The molecule has 0 radical (unpaired) electrons. The van der Waals surface area contributed by atoms with Crippen LogP contribution in [0.4, 0.5) is 11.4 Å². The summed E-state index contributed by atoms with van der Waals surface area (Å²) in [4.78, 5) is 21.7. The normalized spacial score (nSPS) is 10.8. The molecule has 0 aromatic heterocycles. The van der Waals surface area contributed by atoms with E-state index in [1.54, 1.807) is 0 Å². The lowest BCUT2D eigenvalue weighted by Crippen LogP contribution is -2.21. The Morgan fingerprint density at radius 3 is 1.87 bits per heavy atom. The van der Waals surface area contributed by atoms with E-state index in [0.29, 0.717) is 17.8 Å². The second kappa shape index (κ2) is 7.03. The van der Waals surface area contributed by atoms with Gasteiger partial charge in [-0.2, -0.15) is 0 Å². The third-order valence-electron chi connectivity index (χ3n) is 3.02. The average Bonchev–Trinajstić information content (AvgIpc) is 2.56. The fraction of sp³-hybridized carbons (Fsp3) is 0.0667. The number of hydrogen-bond donors (Lipinski definition) is 3. The summed E-state index contributed by atoms with van der Waals surface area (Å²) in [5.41, 5.74) is 6.16. The van der Waals surface area contributed by atoms with Crippen LogP contribution in [0.2, 0.25) is 0 Å². The van der Waals surface area contributed by atoms with Gasteiger partial charge in [0.15, 0.2) is 0 Å². The highest BCUT2D eigenvalue weighted by atomic mass is 32.2. The summed E-state index contributed by atoms with van der Waals surface area (Å²) >= 11 is 0. The molecule has 2 aromatic carbocycles. The van der Waals surface area contributed by atoms with E-state index in [1.165, 1.54) is 48.5 Å². The zero-order valence-electron chi connectivity index (χ0n) is 12.0. The lowest BCUT2D eigenvalue weighted by atomic mass is 10.3. The predicted molar refractivity (Wildman–Crippen MR) is 85.7 cm³/mol. The summed E-state index contributed by atoms with van der Waals surface area (Å²) < 4.78 is 25.0. The van der Waals surface area contributed by atoms with Gasteiger partial charge in [0.2, 0.25) is 22.2 Å². The first-order valence-electron chi connectivity index (χ1n) is 6.62. The van der Waals surface area contributed by atoms with Crippen LogP contribution in [0.5, 0.6) is 0 Å². The number of carbonyl (C=O) groups is 2. The Labute approximate surface area is 133 Å². The standard InChI is InChI=1S/C15H15N3O4S/c16-9-15(20)18-12-3-7-14(8-4-12)23(21,22)13-5-1-11(2-6-13)17-10-19/h1-8,10H,9,16H2,(H,17,19)(H,18,20). The molecule has 0 atom stereocenters. The molecule has 0 fully saturated rings. The first kappa shape index (κ1) is 16.7. The minimum absolute atomic E-state index is 0.0966. The maximum atomic E-state index is 12.5. The van der Waals surface area contributed by atoms with Crippen LogP contribution in [0.1, 0.15) is 0 Å². The van der Waals surface area contributed by atoms with E-state index in [-0.39, 0.29) is 22.2 Å². The quantitative estimate of drug-likeness (QED) is 0.681. The number of benzene rings is 2. The van der Waals surface area contributed by atoms with Crippen molar-refractivity contribution in [2.75, 3.05) is 17.2 Å². The summed E-state index contributed by atoms with van der Waals surface area (Å²) in [6, 6.07) is 11.6. The van der Waals surface area contributed by atoms with Gasteiger partial charge in [0.05, 0.1) is 16.3 Å². The number of carbonyl (C=O) groups excluding carboxylic acids is 2. The molecule has 0 spiro atoms. The van der Waals surface area contributed by atoms with Crippen LogP contribution in [0.3, 0.4) is 0 Å². The number of nitrogens with one attached hydrogen (secondary N) is 2. The Kier molecular flexibility index (Phi) is 5.09. The highest BCUT2D eigenvalue weighted by Gasteiger charge is 2.17. The maximum absolute atomic E-state index is 12.5. The Morgan fingerprint density at radius 2 is 1.43 bits per heavy atom. The van der Waals surface area contributed by atoms with Crippen molar-refractivity contribution in [2.45, 2.75) is 9.79 Å². The van der Waals surface area contributed by atoms with Gasteiger partial charge in [0, 0.05) is 11.4 Å². The van der Waals surface area contributed by atoms with Crippen LogP contribution in [0, 0.1) is 0 Å². The molecule has 0 unspecified atom stereocenters. The number of sulfone groups is 1. The maximum Gasteiger partial charge on any atom is 0.238 e. The Balaban J connectivity index is 2.25. The third-order valence-corrected chi connectivity index (χ3v) is 4.81. The summed E-state index contributed by atoms with van der Waals surface area (Å²) in [7, 11) is -3.67. The molecule has 4 N–H and O–H groups in total. The van der Waals surface area contributed by atoms with Crippen LogP contribution < -0.4 is 16.4 Å². The van der Waals surface area contributed by atoms with Crippen molar-refractivity contribution in [3.05, 3.63) is 48.5 Å². The Bertz CT molecular complexity index is 800. The molecular formula is C15H15N3O4S. The second-order valence-corrected chi connectivity index (χ2v) is 6.52. The van der Waals surface area contributed by atoms with Gasteiger partial charge in [-0.15, -0.1) is 0 Å². The topological polar surface area (TPSA) is 118 Å². The number of amides is 2. The van der Waals surface area contributed by atoms with E-state index >= 15 is 0 Å². The first-order valence-corrected chi connectivity index (χ1v) is 8.11. The molecule has 7 nitrogen and oxygen atoms in total. The molecule has 2 amide bonds. The molecular weight excluding hydrogens is 318 g/mol. The predicted octanol–water partition coefficient (Wildman–Crippen LogP) is 0.985. The van der Waals surface area contributed by atoms with Crippen LogP contribution in [0.25, 0.3) is 0 Å². The zero-order chi connectivity index (χ0) is 16.9. The SMILES string of the molecule is NCC(=O)Nc1ccc(S(=O)(=O)c2ccc(NC=O)cc2)cc1. The molecule has 0 aliphatic carbocycles. The van der Waals surface area contributed by atoms with Gasteiger partial charge in [-0.3, -0.25) is 9.59 Å². The highest BCUT2D eigenvalue weighted by molar-refractivity contribution is 7.91. The van der Waals surface area contributed by atoms with E-state index in [4.69, 9.17) is 5.73 Å². The molecule has 0 saturated heterocycles. The smallest absolute Gasteiger partial charge is 0.238 e. The van der Waals surface area contributed by atoms with Gasteiger partial charge in [-0.1, -0.05) is 0 Å². The van der Waals surface area contributed by atoms with E-state index in [1.807, 2.05) is 0 Å². The van der Waals surface area contributed by atoms with Gasteiger partial charge in [-0.05, 0) is 48.5 Å². The molecule has 8 heteroatoms. The van der Waals surface area contributed by atoms with Gasteiger partial charge in [0.25, 0.3) is 0 Å². The summed E-state index contributed by atoms with van der Waals surface area (Å²) in [6.07, 6.45) is 0.512. The van der Waals surface area contributed by atoms with Gasteiger partial charge in [0.1, 0.15) is 0 Å². The highest BCUT2D eigenvalue weighted by Crippen LogP contribution is 2.23.